The van der Waals surface area contributed by atoms with Gasteiger partial charge in [-0.1, -0.05) is 19.8 Å². The molecule has 4 heteroatoms. The zero-order chi connectivity index (χ0) is 13.0. The normalized spacial score (nSPS) is 24.7. The number of nitrogens with two attached hydrogens (primary N) is 1. The largest absolute Gasteiger partial charge is 0.330 e. The zero-order valence-electron chi connectivity index (χ0n) is 11.1. The molecule has 2 N–H and O–H groups in total. The second-order valence-corrected chi connectivity index (χ2v) is 7.05. The van der Waals surface area contributed by atoms with Crippen molar-refractivity contribution in [3.63, 3.8) is 0 Å². The first kappa shape index (κ1) is 14.5. The Bertz CT molecular complexity index is 366. The lowest BCUT2D eigenvalue weighted by atomic mass is 9.83. The van der Waals surface area contributed by atoms with E-state index < -0.39 is 0 Å². The molecule has 2 rings (SSSR count). The molecule has 1 aromatic rings. The van der Waals surface area contributed by atoms with Crippen molar-refractivity contribution in [1.29, 1.82) is 0 Å². The van der Waals surface area contributed by atoms with Crippen molar-refractivity contribution in [1.82, 2.24) is 4.90 Å². The van der Waals surface area contributed by atoms with Crippen LogP contribution in [0.3, 0.4) is 0 Å². The van der Waals surface area contributed by atoms with Gasteiger partial charge in [-0.15, -0.1) is 11.3 Å². The third kappa shape index (κ3) is 3.56. The zero-order valence-corrected chi connectivity index (χ0v) is 13.5. The van der Waals surface area contributed by atoms with Crippen LogP contribution in [0.25, 0.3) is 0 Å². The molecule has 1 heterocycles. The lowest BCUT2D eigenvalue weighted by Crippen LogP contribution is -2.44. The highest BCUT2D eigenvalue weighted by atomic mass is 79.9. The van der Waals surface area contributed by atoms with E-state index in [-0.39, 0.29) is 0 Å². The molecule has 1 saturated carbocycles. The number of rotatable bonds is 5. The van der Waals surface area contributed by atoms with Crippen LogP contribution in [-0.2, 0) is 6.54 Å². The minimum atomic E-state index is 0.689. The Morgan fingerprint density at radius 2 is 2.22 bits per heavy atom. The molecule has 0 aromatic carbocycles. The summed E-state index contributed by atoms with van der Waals surface area (Å²) in [5.41, 5.74) is 5.95. The van der Waals surface area contributed by atoms with Gasteiger partial charge in [-0.2, -0.15) is 0 Å². The summed E-state index contributed by atoms with van der Waals surface area (Å²) < 4.78 is 1.21. The van der Waals surface area contributed by atoms with Gasteiger partial charge >= 0.3 is 0 Å². The average Bonchev–Trinajstić information content (AvgIpc) is 2.81. The summed E-state index contributed by atoms with van der Waals surface area (Å²) in [6.45, 7) is 5.31. The summed E-state index contributed by atoms with van der Waals surface area (Å²) in [7, 11) is 0. The quantitative estimate of drug-likeness (QED) is 0.888. The maximum atomic E-state index is 5.95. The van der Waals surface area contributed by atoms with Crippen LogP contribution < -0.4 is 5.73 Å². The van der Waals surface area contributed by atoms with E-state index in [2.05, 4.69) is 39.2 Å². The van der Waals surface area contributed by atoms with Crippen LogP contribution in [0, 0.1) is 5.92 Å². The Morgan fingerprint density at radius 3 is 2.83 bits per heavy atom. The number of thiophene rings is 1. The van der Waals surface area contributed by atoms with Crippen LogP contribution in [0.2, 0.25) is 0 Å². The molecular weight excluding hydrogens is 308 g/mol. The summed E-state index contributed by atoms with van der Waals surface area (Å²) in [5.74, 6) is 0.696. The summed E-state index contributed by atoms with van der Waals surface area (Å²) in [6.07, 6.45) is 5.36. The van der Waals surface area contributed by atoms with E-state index in [1.165, 1.54) is 35.0 Å². The predicted molar refractivity (Wildman–Crippen MR) is 82.9 cm³/mol. The standard InChI is InChI=1S/C14H23BrN2S/c1-2-17(9-13-7-12(15)10-18-13)14-6-4-3-5-11(14)8-16/h7,10-11,14H,2-6,8-9,16H2,1H3. The predicted octanol–water partition coefficient (Wildman–Crippen LogP) is 3.85. The second kappa shape index (κ2) is 7.04. The first-order valence-corrected chi connectivity index (χ1v) is 8.59. The van der Waals surface area contributed by atoms with E-state index in [0.717, 1.165) is 19.6 Å². The van der Waals surface area contributed by atoms with Gasteiger partial charge < -0.3 is 5.73 Å². The minimum Gasteiger partial charge on any atom is -0.330 e. The molecule has 0 bridgehead atoms. The number of hydrogen-bond acceptors (Lipinski definition) is 3. The highest BCUT2D eigenvalue weighted by molar-refractivity contribution is 9.10. The molecule has 2 nitrogen and oxygen atoms in total. The molecule has 1 fully saturated rings. The summed E-state index contributed by atoms with van der Waals surface area (Å²) >= 11 is 5.38. The molecule has 0 aliphatic heterocycles. The molecule has 102 valence electrons. The van der Waals surface area contributed by atoms with Crippen LogP contribution in [-0.4, -0.2) is 24.0 Å². The molecule has 0 saturated heterocycles. The SMILES string of the molecule is CCN(Cc1cc(Br)cs1)C1CCCCC1CN. The number of nitrogens with zero attached hydrogens (tertiary/aromatic N) is 1. The first-order chi connectivity index (χ1) is 8.74. The van der Waals surface area contributed by atoms with Crippen LogP contribution in [0.1, 0.15) is 37.5 Å². The van der Waals surface area contributed by atoms with Crippen LogP contribution in [0.5, 0.6) is 0 Å². The number of hydrogen-bond donors (Lipinski definition) is 1. The van der Waals surface area contributed by atoms with Crippen molar-refractivity contribution in [2.75, 3.05) is 13.1 Å². The van der Waals surface area contributed by atoms with Crippen molar-refractivity contribution in [2.24, 2.45) is 11.7 Å². The Hall–Kier alpha value is 0.1000. The first-order valence-electron chi connectivity index (χ1n) is 6.91. The van der Waals surface area contributed by atoms with Crippen molar-refractivity contribution in [2.45, 2.75) is 45.2 Å². The average molecular weight is 331 g/mol. The van der Waals surface area contributed by atoms with E-state index in [4.69, 9.17) is 5.73 Å². The molecule has 0 spiro atoms. The Morgan fingerprint density at radius 1 is 1.44 bits per heavy atom. The maximum absolute atomic E-state index is 5.95. The van der Waals surface area contributed by atoms with E-state index in [9.17, 15) is 0 Å². The monoisotopic (exact) mass is 330 g/mol. The molecule has 18 heavy (non-hydrogen) atoms. The van der Waals surface area contributed by atoms with Gasteiger partial charge in [-0.25, -0.2) is 0 Å². The van der Waals surface area contributed by atoms with Crippen LogP contribution >= 0.6 is 27.3 Å². The molecule has 2 atom stereocenters. The lowest BCUT2D eigenvalue weighted by molar-refractivity contribution is 0.106. The van der Waals surface area contributed by atoms with E-state index >= 15 is 0 Å². The van der Waals surface area contributed by atoms with E-state index in [1.54, 1.807) is 0 Å². The number of halogens is 1. The fourth-order valence-corrected chi connectivity index (χ4v) is 4.52. The van der Waals surface area contributed by atoms with E-state index in [0.29, 0.717) is 12.0 Å². The summed E-state index contributed by atoms with van der Waals surface area (Å²) in [4.78, 5) is 4.07. The van der Waals surface area contributed by atoms with Gasteiger partial charge in [0.15, 0.2) is 0 Å². The van der Waals surface area contributed by atoms with Gasteiger partial charge in [-0.05, 0) is 53.8 Å². The second-order valence-electron chi connectivity index (χ2n) is 5.14. The molecule has 0 radical (unpaired) electrons. The molecule has 1 aliphatic rings. The Balaban J connectivity index is 2.02. The summed E-state index contributed by atoms with van der Waals surface area (Å²) in [5, 5.41) is 2.17. The minimum absolute atomic E-state index is 0.689. The highest BCUT2D eigenvalue weighted by Crippen LogP contribution is 2.30. The van der Waals surface area contributed by atoms with E-state index in [1.807, 2.05) is 11.3 Å². The van der Waals surface area contributed by atoms with Crippen molar-refractivity contribution < 1.29 is 0 Å². The Kier molecular flexibility index (Phi) is 5.67. The molecular formula is C14H23BrN2S. The van der Waals surface area contributed by atoms with Gasteiger partial charge in [0.05, 0.1) is 0 Å². The van der Waals surface area contributed by atoms with Gasteiger partial charge in [0, 0.05) is 27.3 Å². The van der Waals surface area contributed by atoms with Crippen molar-refractivity contribution >= 4 is 27.3 Å². The molecule has 2 unspecified atom stereocenters. The fraction of sp³-hybridized carbons (Fsp3) is 0.714. The third-order valence-electron chi connectivity index (χ3n) is 4.03. The van der Waals surface area contributed by atoms with Crippen LogP contribution in [0.15, 0.2) is 15.9 Å². The van der Waals surface area contributed by atoms with Crippen molar-refractivity contribution in [3.8, 4) is 0 Å². The van der Waals surface area contributed by atoms with Gasteiger partial charge in [0.25, 0.3) is 0 Å². The van der Waals surface area contributed by atoms with Crippen LogP contribution in [0.4, 0.5) is 0 Å². The molecule has 1 aliphatic carbocycles. The van der Waals surface area contributed by atoms with Gasteiger partial charge in [0.1, 0.15) is 0 Å². The Labute approximate surface area is 123 Å². The third-order valence-corrected chi connectivity index (χ3v) is 5.71. The topological polar surface area (TPSA) is 29.3 Å². The van der Waals surface area contributed by atoms with Crippen molar-refractivity contribution in [3.05, 3.63) is 20.8 Å². The smallest absolute Gasteiger partial charge is 0.0331 e. The summed E-state index contributed by atoms with van der Waals surface area (Å²) in [6, 6.07) is 2.93. The molecule has 1 aromatic heterocycles. The van der Waals surface area contributed by atoms with Gasteiger partial charge in [-0.3, -0.25) is 4.90 Å². The molecule has 0 amide bonds. The highest BCUT2D eigenvalue weighted by Gasteiger charge is 2.28. The fourth-order valence-electron chi connectivity index (χ4n) is 3.04. The maximum Gasteiger partial charge on any atom is 0.0331 e. The lowest BCUT2D eigenvalue weighted by Gasteiger charge is -2.39. The van der Waals surface area contributed by atoms with Gasteiger partial charge in [0.2, 0.25) is 0 Å².